The van der Waals surface area contributed by atoms with Gasteiger partial charge in [-0.1, -0.05) is 19.1 Å². The van der Waals surface area contributed by atoms with E-state index in [1.165, 1.54) is 15.6 Å². The molecular weight excluding hydrogens is 273 g/mol. The molecule has 0 aliphatic carbocycles. The molecule has 0 aromatic heterocycles. The lowest BCUT2D eigenvalue weighted by molar-refractivity contribution is 0.570. The molecule has 0 radical (unpaired) electrons. The van der Waals surface area contributed by atoms with E-state index in [0.717, 1.165) is 6.54 Å². The second-order valence-corrected chi connectivity index (χ2v) is 4.47. The molecule has 1 N–H and O–H groups in total. The highest BCUT2D eigenvalue weighted by Gasteiger charge is 2.02. The molecule has 0 amide bonds. The van der Waals surface area contributed by atoms with Gasteiger partial charge in [0.25, 0.3) is 0 Å². The van der Waals surface area contributed by atoms with Crippen LogP contribution < -0.4 is 5.32 Å². The molecule has 72 valence electrons. The van der Waals surface area contributed by atoms with Crippen LogP contribution in [0.3, 0.4) is 0 Å². The van der Waals surface area contributed by atoms with Crippen LogP contribution in [0.2, 0.25) is 0 Å². The average Bonchev–Trinajstić information content (AvgIpc) is 2.15. The summed E-state index contributed by atoms with van der Waals surface area (Å²) in [6.45, 7) is 5.48. The van der Waals surface area contributed by atoms with Crippen LogP contribution in [0.4, 0.5) is 0 Å². The van der Waals surface area contributed by atoms with Gasteiger partial charge >= 0.3 is 0 Å². The fourth-order valence-electron chi connectivity index (χ4n) is 1.23. The monoisotopic (exact) mass is 289 g/mol. The molecule has 1 atom stereocenters. The van der Waals surface area contributed by atoms with Crippen molar-refractivity contribution in [2.75, 3.05) is 6.54 Å². The fourth-order valence-corrected chi connectivity index (χ4v) is 1.59. The predicted molar refractivity (Wildman–Crippen MR) is 65.9 cm³/mol. The summed E-state index contributed by atoms with van der Waals surface area (Å²) in [5, 5.41) is 3.47. The van der Waals surface area contributed by atoms with Crippen molar-refractivity contribution in [3.8, 4) is 0 Å². The van der Waals surface area contributed by atoms with Gasteiger partial charge < -0.3 is 5.32 Å². The highest BCUT2D eigenvalue weighted by molar-refractivity contribution is 14.1. The Bertz CT molecular complexity index is 243. The molecule has 0 saturated carbocycles. The molecular formula is C11H16IN. The molecule has 2 heteroatoms. The minimum absolute atomic E-state index is 0.469. The minimum atomic E-state index is 0.469. The fraction of sp³-hybridized carbons (Fsp3) is 0.455. The van der Waals surface area contributed by atoms with Crippen LogP contribution in [0.25, 0.3) is 0 Å². The average molecular weight is 289 g/mol. The van der Waals surface area contributed by atoms with E-state index in [-0.39, 0.29) is 0 Å². The van der Waals surface area contributed by atoms with Crippen molar-refractivity contribution >= 4 is 22.6 Å². The van der Waals surface area contributed by atoms with Gasteiger partial charge in [0.1, 0.15) is 0 Å². The van der Waals surface area contributed by atoms with Crippen molar-refractivity contribution in [2.45, 2.75) is 26.3 Å². The Hall–Kier alpha value is -0.0900. The van der Waals surface area contributed by atoms with Crippen molar-refractivity contribution in [2.24, 2.45) is 0 Å². The zero-order valence-corrected chi connectivity index (χ0v) is 10.3. The van der Waals surface area contributed by atoms with Crippen molar-refractivity contribution in [3.05, 3.63) is 33.4 Å². The standard InChI is InChI=1S/C11H16IN/c1-3-8-13-9(2)10-4-6-11(12)7-5-10/h4-7,9,13H,3,8H2,1-2H3/t9-/m0/s1. The first-order valence-corrected chi connectivity index (χ1v) is 5.80. The van der Waals surface area contributed by atoms with Gasteiger partial charge in [0.15, 0.2) is 0 Å². The van der Waals surface area contributed by atoms with E-state index in [4.69, 9.17) is 0 Å². The quantitative estimate of drug-likeness (QED) is 0.838. The summed E-state index contributed by atoms with van der Waals surface area (Å²) in [5.41, 5.74) is 1.37. The van der Waals surface area contributed by atoms with Crippen LogP contribution in [0.15, 0.2) is 24.3 Å². The Labute approximate surface area is 94.1 Å². The Balaban J connectivity index is 2.55. The lowest BCUT2D eigenvalue weighted by Gasteiger charge is -2.13. The first-order chi connectivity index (χ1) is 6.24. The Morgan fingerprint density at radius 1 is 1.31 bits per heavy atom. The zero-order valence-electron chi connectivity index (χ0n) is 8.18. The van der Waals surface area contributed by atoms with Gasteiger partial charge in [-0.15, -0.1) is 0 Å². The molecule has 0 saturated heterocycles. The molecule has 13 heavy (non-hydrogen) atoms. The number of halogens is 1. The van der Waals surface area contributed by atoms with Gasteiger partial charge in [-0.3, -0.25) is 0 Å². The normalized spacial score (nSPS) is 12.8. The van der Waals surface area contributed by atoms with Crippen LogP contribution in [-0.4, -0.2) is 6.54 Å². The molecule has 1 aromatic carbocycles. The number of rotatable bonds is 4. The molecule has 0 spiro atoms. The van der Waals surface area contributed by atoms with Gasteiger partial charge in [0, 0.05) is 9.61 Å². The molecule has 0 fully saturated rings. The SMILES string of the molecule is CCCN[C@@H](C)c1ccc(I)cc1. The maximum atomic E-state index is 3.47. The number of hydrogen-bond acceptors (Lipinski definition) is 1. The van der Waals surface area contributed by atoms with Crippen molar-refractivity contribution in [1.29, 1.82) is 0 Å². The summed E-state index contributed by atoms with van der Waals surface area (Å²) in [6, 6.07) is 9.15. The predicted octanol–water partition coefficient (Wildman–Crippen LogP) is 3.35. The van der Waals surface area contributed by atoms with Gasteiger partial charge in [-0.2, -0.15) is 0 Å². The molecule has 0 aliphatic rings. The molecule has 1 aromatic rings. The van der Waals surface area contributed by atoms with E-state index in [1.54, 1.807) is 0 Å². The third-order valence-electron chi connectivity index (χ3n) is 2.07. The summed E-state index contributed by atoms with van der Waals surface area (Å²) in [5.74, 6) is 0. The van der Waals surface area contributed by atoms with Crippen molar-refractivity contribution in [3.63, 3.8) is 0 Å². The maximum Gasteiger partial charge on any atom is 0.0291 e. The van der Waals surface area contributed by atoms with Crippen molar-refractivity contribution < 1.29 is 0 Å². The van der Waals surface area contributed by atoms with E-state index in [1.807, 2.05) is 0 Å². The number of benzene rings is 1. The highest BCUT2D eigenvalue weighted by atomic mass is 127. The number of hydrogen-bond donors (Lipinski definition) is 1. The molecule has 0 bridgehead atoms. The second-order valence-electron chi connectivity index (χ2n) is 3.23. The summed E-state index contributed by atoms with van der Waals surface area (Å²) < 4.78 is 1.30. The van der Waals surface area contributed by atoms with E-state index in [2.05, 4.69) is 66.0 Å². The summed E-state index contributed by atoms with van der Waals surface area (Å²) in [4.78, 5) is 0. The van der Waals surface area contributed by atoms with Crippen LogP contribution >= 0.6 is 22.6 Å². The minimum Gasteiger partial charge on any atom is -0.310 e. The van der Waals surface area contributed by atoms with Crippen LogP contribution in [-0.2, 0) is 0 Å². The molecule has 0 unspecified atom stereocenters. The van der Waals surface area contributed by atoms with E-state index < -0.39 is 0 Å². The molecule has 1 nitrogen and oxygen atoms in total. The van der Waals surface area contributed by atoms with E-state index in [9.17, 15) is 0 Å². The number of nitrogens with one attached hydrogen (secondary N) is 1. The Morgan fingerprint density at radius 3 is 2.46 bits per heavy atom. The van der Waals surface area contributed by atoms with Gasteiger partial charge in [-0.05, 0) is 60.2 Å². The van der Waals surface area contributed by atoms with Gasteiger partial charge in [0.2, 0.25) is 0 Å². The molecule has 1 rings (SSSR count). The van der Waals surface area contributed by atoms with E-state index in [0.29, 0.717) is 6.04 Å². The maximum absolute atomic E-state index is 3.47. The molecule has 0 heterocycles. The summed E-state index contributed by atoms with van der Waals surface area (Å²) >= 11 is 2.33. The molecule has 0 aliphatic heterocycles. The first kappa shape index (κ1) is 11.0. The Kier molecular flexibility index (Phi) is 4.73. The summed E-state index contributed by atoms with van der Waals surface area (Å²) in [6.07, 6.45) is 1.19. The highest BCUT2D eigenvalue weighted by Crippen LogP contribution is 2.14. The lowest BCUT2D eigenvalue weighted by atomic mass is 10.1. The van der Waals surface area contributed by atoms with Crippen LogP contribution in [0.1, 0.15) is 31.9 Å². The third-order valence-corrected chi connectivity index (χ3v) is 2.79. The second kappa shape index (κ2) is 5.60. The first-order valence-electron chi connectivity index (χ1n) is 4.73. The third kappa shape index (κ3) is 3.65. The lowest BCUT2D eigenvalue weighted by Crippen LogP contribution is -2.19. The van der Waals surface area contributed by atoms with Gasteiger partial charge in [0.05, 0.1) is 0 Å². The Morgan fingerprint density at radius 2 is 1.92 bits per heavy atom. The van der Waals surface area contributed by atoms with E-state index >= 15 is 0 Å². The topological polar surface area (TPSA) is 12.0 Å². The van der Waals surface area contributed by atoms with Crippen LogP contribution in [0, 0.1) is 3.57 Å². The smallest absolute Gasteiger partial charge is 0.0291 e. The zero-order chi connectivity index (χ0) is 9.68. The summed E-state index contributed by atoms with van der Waals surface area (Å²) in [7, 11) is 0. The van der Waals surface area contributed by atoms with Gasteiger partial charge in [-0.25, -0.2) is 0 Å². The van der Waals surface area contributed by atoms with Crippen molar-refractivity contribution in [1.82, 2.24) is 5.32 Å². The van der Waals surface area contributed by atoms with Crippen LogP contribution in [0.5, 0.6) is 0 Å². The largest absolute Gasteiger partial charge is 0.310 e.